The number of benzene rings is 2. The van der Waals surface area contributed by atoms with Gasteiger partial charge in [0, 0.05) is 16.7 Å². The Labute approximate surface area is 109 Å². The van der Waals surface area contributed by atoms with E-state index in [-0.39, 0.29) is 5.56 Å². The molecule has 2 N–H and O–H groups in total. The van der Waals surface area contributed by atoms with Crippen LogP contribution in [0.4, 0.5) is 8.78 Å². The quantitative estimate of drug-likeness (QED) is 0.875. The van der Waals surface area contributed by atoms with Crippen LogP contribution in [0.5, 0.6) is 0 Å². The van der Waals surface area contributed by atoms with Gasteiger partial charge in [0.15, 0.2) is 0 Å². The van der Waals surface area contributed by atoms with Gasteiger partial charge < -0.3 is 5.73 Å². The first kappa shape index (κ1) is 13.0. The van der Waals surface area contributed by atoms with Crippen LogP contribution in [0.25, 0.3) is 0 Å². The molecule has 2 aromatic carbocycles. The van der Waals surface area contributed by atoms with Gasteiger partial charge >= 0.3 is 0 Å². The lowest BCUT2D eigenvalue weighted by molar-refractivity contribution is 0.561. The highest BCUT2D eigenvalue weighted by atomic mass is 35.5. The van der Waals surface area contributed by atoms with E-state index in [1.54, 1.807) is 31.2 Å². The molecule has 1 unspecified atom stereocenters. The third kappa shape index (κ3) is 2.52. The molecule has 0 radical (unpaired) electrons. The summed E-state index contributed by atoms with van der Waals surface area (Å²) in [7, 11) is 0. The Bertz CT molecular complexity index is 567. The largest absolute Gasteiger partial charge is 0.320 e. The summed E-state index contributed by atoms with van der Waals surface area (Å²) in [6.45, 7) is 1.58. The number of hydrogen-bond donors (Lipinski definition) is 1. The number of nitrogens with two attached hydrogens (primary N) is 1. The standard InChI is InChI=1S/C14H12ClF2N/c1-8-6-11(13(17)7-12(8)16)14(18)9-2-4-10(15)5-3-9/h2-7,14H,18H2,1H3. The first-order chi connectivity index (χ1) is 8.49. The minimum absolute atomic E-state index is 0.274. The van der Waals surface area contributed by atoms with Crippen LogP contribution in [0.2, 0.25) is 5.02 Å². The monoisotopic (exact) mass is 267 g/mol. The summed E-state index contributed by atoms with van der Waals surface area (Å²) in [5.74, 6) is -1.21. The molecule has 0 aromatic heterocycles. The zero-order valence-electron chi connectivity index (χ0n) is 9.75. The normalized spacial score (nSPS) is 12.5. The number of aryl methyl sites for hydroxylation is 1. The van der Waals surface area contributed by atoms with Crippen LogP contribution in [-0.2, 0) is 0 Å². The van der Waals surface area contributed by atoms with Crippen molar-refractivity contribution in [1.29, 1.82) is 0 Å². The van der Waals surface area contributed by atoms with Gasteiger partial charge in [-0.3, -0.25) is 0 Å². The summed E-state index contributed by atoms with van der Waals surface area (Å²) in [6.07, 6.45) is 0. The molecule has 2 aromatic rings. The molecule has 1 atom stereocenters. The topological polar surface area (TPSA) is 26.0 Å². The highest BCUT2D eigenvalue weighted by Crippen LogP contribution is 2.25. The first-order valence-corrected chi connectivity index (χ1v) is 5.83. The average molecular weight is 268 g/mol. The van der Waals surface area contributed by atoms with E-state index >= 15 is 0 Å². The Morgan fingerprint density at radius 3 is 2.28 bits per heavy atom. The molecule has 0 bridgehead atoms. The van der Waals surface area contributed by atoms with Crippen LogP contribution in [-0.4, -0.2) is 0 Å². The molecule has 0 heterocycles. The van der Waals surface area contributed by atoms with Crippen molar-refractivity contribution in [1.82, 2.24) is 0 Å². The van der Waals surface area contributed by atoms with Gasteiger partial charge in [0.1, 0.15) is 11.6 Å². The van der Waals surface area contributed by atoms with Gasteiger partial charge in [0.05, 0.1) is 6.04 Å². The van der Waals surface area contributed by atoms with E-state index in [9.17, 15) is 8.78 Å². The van der Waals surface area contributed by atoms with Gasteiger partial charge in [0.2, 0.25) is 0 Å². The smallest absolute Gasteiger partial charge is 0.131 e. The van der Waals surface area contributed by atoms with E-state index in [0.717, 1.165) is 11.6 Å². The van der Waals surface area contributed by atoms with Crippen molar-refractivity contribution in [3.8, 4) is 0 Å². The minimum atomic E-state index is -0.638. The predicted octanol–water partition coefficient (Wildman–Crippen LogP) is 3.97. The first-order valence-electron chi connectivity index (χ1n) is 5.45. The molecule has 94 valence electrons. The molecule has 0 spiro atoms. The molecule has 0 fully saturated rings. The number of rotatable bonds is 2. The number of hydrogen-bond acceptors (Lipinski definition) is 1. The van der Waals surface area contributed by atoms with E-state index in [0.29, 0.717) is 10.6 Å². The van der Waals surface area contributed by atoms with Crippen molar-refractivity contribution in [2.24, 2.45) is 5.73 Å². The highest BCUT2D eigenvalue weighted by Gasteiger charge is 2.15. The molecule has 0 aliphatic rings. The van der Waals surface area contributed by atoms with Gasteiger partial charge in [0.25, 0.3) is 0 Å². The van der Waals surface area contributed by atoms with Gasteiger partial charge in [-0.2, -0.15) is 0 Å². The second-order valence-electron chi connectivity index (χ2n) is 4.15. The highest BCUT2D eigenvalue weighted by molar-refractivity contribution is 6.30. The summed E-state index contributed by atoms with van der Waals surface area (Å²) < 4.78 is 26.9. The molecule has 0 saturated carbocycles. The van der Waals surface area contributed by atoms with E-state index in [4.69, 9.17) is 17.3 Å². The number of halogens is 3. The van der Waals surface area contributed by atoms with E-state index < -0.39 is 17.7 Å². The van der Waals surface area contributed by atoms with Gasteiger partial charge in [-0.05, 0) is 36.2 Å². The Balaban J connectivity index is 2.42. The van der Waals surface area contributed by atoms with Crippen LogP contribution in [0.1, 0.15) is 22.7 Å². The minimum Gasteiger partial charge on any atom is -0.320 e. The Morgan fingerprint density at radius 1 is 1.06 bits per heavy atom. The fraction of sp³-hybridized carbons (Fsp3) is 0.143. The third-order valence-electron chi connectivity index (χ3n) is 2.84. The lowest BCUT2D eigenvalue weighted by Crippen LogP contribution is -2.14. The summed E-state index contributed by atoms with van der Waals surface area (Å²) in [4.78, 5) is 0. The summed E-state index contributed by atoms with van der Waals surface area (Å²) in [5, 5.41) is 0.585. The Morgan fingerprint density at radius 2 is 1.67 bits per heavy atom. The average Bonchev–Trinajstić information content (AvgIpc) is 2.34. The second-order valence-corrected chi connectivity index (χ2v) is 4.59. The van der Waals surface area contributed by atoms with Crippen molar-refractivity contribution < 1.29 is 8.78 Å². The Hall–Kier alpha value is -1.45. The fourth-order valence-corrected chi connectivity index (χ4v) is 1.89. The molecule has 0 saturated heterocycles. The fourth-order valence-electron chi connectivity index (χ4n) is 1.77. The molecular weight excluding hydrogens is 256 g/mol. The van der Waals surface area contributed by atoms with Crippen molar-refractivity contribution >= 4 is 11.6 Å². The van der Waals surface area contributed by atoms with Crippen molar-refractivity contribution in [2.75, 3.05) is 0 Å². The maximum absolute atomic E-state index is 13.7. The van der Waals surface area contributed by atoms with Gasteiger partial charge in [-0.15, -0.1) is 0 Å². The van der Waals surface area contributed by atoms with Crippen LogP contribution in [0.15, 0.2) is 36.4 Å². The lowest BCUT2D eigenvalue weighted by atomic mass is 9.97. The van der Waals surface area contributed by atoms with Gasteiger partial charge in [-0.1, -0.05) is 23.7 Å². The van der Waals surface area contributed by atoms with Crippen molar-refractivity contribution in [3.05, 3.63) is 69.7 Å². The maximum Gasteiger partial charge on any atom is 0.131 e. The molecule has 0 aliphatic heterocycles. The zero-order chi connectivity index (χ0) is 13.3. The molecule has 0 aliphatic carbocycles. The second kappa shape index (κ2) is 5.04. The van der Waals surface area contributed by atoms with Crippen LogP contribution in [0, 0.1) is 18.6 Å². The SMILES string of the molecule is Cc1cc(C(N)c2ccc(Cl)cc2)c(F)cc1F. The maximum atomic E-state index is 13.7. The van der Waals surface area contributed by atoms with Crippen LogP contribution >= 0.6 is 11.6 Å². The van der Waals surface area contributed by atoms with E-state index in [2.05, 4.69) is 0 Å². The molecular formula is C14H12ClF2N. The lowest BCUT2D eigenvalue weighted by Gasteiger charge is -2.14. The summed E-state index contributed by atoms with van der Waals surface area (Å²) in [5.41, 5.74) is 7.35. The summed E-state index contributed by atoms with van der Waals surface area (Å²) >= 11 is 5.78. The molecule has 2 rings (SSSR count). The van der Waals surface area contributed by atoms with Crippen LogP contribution in [0.3, 0.4) is 0 Å². The Kier molecular flexibility index (Phi) is 3.64. The molecule has 18 heavy (non-hydrogen) atoms. The zero-order valence-corrected chi connectivity index (χ0v) is 10.5. The van der Waals surface area contributed by atoms with Crippen molar-refractivity contribution in [2.45, 2.75) is 13.0 Å². The van der Waals surface area contributed by atoms with Crippen molar-refractivity contribution in [3.63, 3.8) is 0 Å². The van der Waals surface area contributed by atoms with Gasteiger partial charge in [-0.25, -0.2) is 8.78 Å². The van der Waals surface area contributed by atoms with E-state index in [1.165, 1.54) is 6.07 Å². The predicted molar refractivity (Wildman–Crippen MR) is 68.6 cm³/mol. The molecule has 0 amide bonds. The molecule has 4 heteroatoms. The molecule has 1 nitrogen and oxygen atoms in total. The van der Waals surface area contributed by atoms with E-state index in [1.807, 2.05) is 0 Å². The van der Waals surface area contributed by atoms with Crippen LogP contribution < -0.4 is 5.73 Å². The summed E-state index contributed by atoms with van der Waals surface area (Å²) in [6, 6.07) is 8.48. The third-order valence-corrected chi connectivity index (χ3v) is 3.09.